The Labute approximate surface area is 207 Å². The number of aryl methyl sites for hydroxylation is 1. The van der Waals surface area contributed by atoms with Crippen molar-refractivity contribution in [3.8, 4) is 0 Å². The van der Waals surface area contributed by atoms with E-state index in [0.29, 0.717) is 17.3 Å². The van der Waals surface area contributed by atoms with E-state index in [1.165, 1.54) is 23.9 Å². The monoisotopic (exact) mass is 486 g/mol. The molecule has 2 amide bonds. The molecule has 35 heavy (non-hydrogen) atoms. The van der Waals surface area contributed by atoms with Crippen LogP contribution in [0.1, 0.15) is 35.6 Å². The average molecular weight is 487 g/mol. The summed E-state index contributed by atoms with van der Waals surface area (Å²) in [6.07, 6.45) is 0.602. The fourth-order valence-electron chi connectivity index (χ4n) is 4.06. The van der Waals surface area contributed by atoms with E-state index in [4.69, 9.17) is 5.10 Å². The van der Waals surface area contributed by atoms with E-state index in [9.17, 15) is 14.0 Å². The van der Waals surface area contributed by atoms with Crippen molar-refractivity contribution in [1.82, 2.24) is 5.01 Å². The van der Waals surface area contributed by atoms with E-state index >= 15 is 0 Å². The number of rotatable bonds is 5. The number of hydrogen-bond donors (Lipinski definition) is 1. The zero-order valence-electron chi connectivity index (χ0n) is 19.0. The molecule has 2 atom stereocenters. The first-order valence-corrected chi connectivity index (χ1v) is 12.2. The molecule has 0 aliphatic carbocycles. The van der Waals surface area contributed by atoms with Gasteiger partial charge < -0.3 is 5.32 Å². The van der Waals surface area contributed by atoms with Gasteiger partial charge in [-0.3, -0.25) is 9.59 Å². The maximum atomic E-state index is 13.4. The van der Waals surface area contributed by atoms with Crippen LogP contribution in [0.5, 0.6) is 0 Å². The Morgan fingerprint density at radius 3 is 2.49 bits per heavy atom. The van der Waals surface area contributed by atoms with Crippen molar-refractivity contribution in [3.63, 3.8) is 0 Å². The predicted octanol–water partition coefficient (Wildman–Crippen LogP) is 5.31. The van der Waals surface area contributed by atoms with E-state index < -0.39 is 5.25 Å². The molecular weight excluding hydrogens is 463 g/mol. The molecule has 0 saturated heterocycles. The van der Waals surface area contributed by atoms with Crippen molar-refractivity contribution in [2.75, 3.05) is 5.32 Å². The average Bonchev–Trinajstić information content (AvgIpc) is 3.46. The summed E-state index contributed by atoms with van der Waals surface area (Å²) >= 11 is 1.25. The van der Waals surface area contributed by atoms with Crippen LogP contribution < -0.4 is 5.32 Å². The summed E-state index contributed by atoms with van der Waals surface area (Å²) in [7, 11) is 0. The number of nitrogens with zero attached hydrogens (tertiary/aromatic N) is 3. The van der Waals surface area contributed by atoms with E-state index in [1.807, 2.05) is 61.5 Å². The lowest BCUT2D eigenvalue weighted by Crippen LogP contribution is -2.25. The minimum atomic E-state index is -0.614. The number of amides is 2. The maximum absolute atomic E-state index is 13.4. The quantitative estimate of drug-likeness (QED) is 0.530. The second-order valence-electron chi connectivity index (χ2n) is 8.49. The van der Waals surface area contributed by atoms with Crippen molar-refractivity contribution >= 4 is 40.1 Å². The number of hydrazone groups is 1. The molecule has 0 aromatic heterocycles. The molecule has 2 aliphatic heterocycles. The molecule has 0 bridgehead atoms. The largest absolute Gasteiger partial charge is 0.326 e. The summed E-state index contributed by atoms with van der Waals surface area (Å²) < 4.78 is 13.4. The summed E-state index contributed by atoms with van der Waals surface area (Å²) in [6, 6.07) is 23.4. The summed E-state index contributed by atoms with van der Waals surface area (Å²) in [4.78, 5) is 29.5. The maximum Gasteiger partial charge on any atom is 0.262 e. The minimum Gasteiger partial charge on any atom is -0.326 e. The third-order valence-electron chi connectivity index (χ3n) is 5.90. The van der Waals surface area contributed by atoms with Gasteiger partial charge in [0.2, 0.25) is 5.91 Å². The summed E-state index contributed by atoms with van der Waals surface area (Å²) in [5.41, 5.74) is 4.43. The predicted molar refractivity (Wildman–Crippen MR) is 137 cm³/mol. The fraction of sp³-hybridized carbons (Fsp3) is 0.185. The van der Waals surface area contributed by atoms with Crippen molar-refractivity contribution in [2.45, 2.75) is 31.1 Å². The molecule has 1 N–H and O–H groups in total. The number of aliphatic imine (C=N–C) groups is 1. The van der Waals surface area contributed by atoms with Crippen LogP contribution in [0.4, 0.5) is 10.1 Å². The second kappa shape index (κ2) is 9.84. The molecule has 0 fully saturated rings. The van der Waals surface area contributed by atoms with Crippen molar-refractivity contribution < 1.29 is 14.0 Å². The van der Waals surface area contributed by atoms with Gasteiger partial charge in [0.15, 0.2) is 5.17 Å². The standard InChI is InChI=1S/C27H23FN4O2S/c1-17-7-13-21(14-8-17)29-25(33)16-24-26(34)30-27(35-24)32-23(19-5-3-2-4-6-19)15-22(31-32)18-9-11-20(28)12-10-18/h2-14,23-24H,15-16H2,1H3,(H,29,33). The molecule has 0 radical (unpaired) electrons. The zero-order chi connectivity index (χ0) is 24.4. The molecule has 0 saturated carbocycles. The van der Waals surface area contributed by atoms with Crippen molar-refractivity contribution in [3.05, 3.63) is 101 Å². The first-order valence-electron chi connectivity index (χ1n) is 11.3. The molecule has 2 aliphatic rings. The molecule has 2 heterocycles. The van der Waals surface area contributed by atoms with Crippen molar-refractivity contribution in [2.24, 2.45) is 10.1 Å². The van der Waals surface area contributed by atoms with Gasteiger partial charge in [-0.05, 0) is 42.3 Å². The van der Waals surface area contributed by atoms with Crippen molar-refractivity contribution in [1.29, 1.82) is 0 Å². The Morgan fingerprint density at radius 2 is 1.77 bits per heavy atom. The lowest BCUT2D eigenvalue weighted by atomic mass is 9.99. The molecule has 0 spiro atoms. The van der Waals surface area contributed by atoms with Gasteiger partial charge in [-0.15, -0.1) is 0 Å². The Bertz CT molecular complexity index is 1310. The van der Waals surface area contributed by atoms with Gasteiger partial charge >= 0.3 is 0 Å². The summed E-state index contributed by atoms with van der Waals surface area (Å²) in [6.45, 7) is 1.98. The summed E-state index contributed by atoms with van der Waals surface area (Å²) in [5, 5.41) is 9.23. The first-order chi connectivity index (χ1) is 17.0. The van der Waals surface area contributed by atoms with Gasteiger partial charge in [0.05, 0.1) is 11.8 Å². The van der Waals surface area contributed by atoms with E-state index in [-0.39, 0.29) is 30.1 Å². The van der Waals surface area contributed by atoms with Gasteiger partial charge in [0.25, 0.3) is 5.91 Å². The number of anilines is 1. The van der Waals surface area contributed by atoms with Crippen LogP contribution in [0.25, 0.3) is 0 Å². The minimum absolute atomic E-state index is 0.0166. The molecule has 5 rings (SSSR count). The molecular formula is C27H23FN4O2S. The molecule has 8 heteroatoms. The topological polar surface area (TPSA) is 74.1 Å². The number of halogens is 1. The lowest BCUT2D eigenvalue weighted by Gasteiger charge is -2.23. The van der Waals surface area contributed by atoms with E-state index in [0.717, 1.165) is 22.4 Å². The zero-order valence-corrected chi connectivity index (χ0v) is 19.8. The number of hydrogen-bond acceptors (Lipinski definition) is 5. The van der Waals surface area contributed by atoms with Crippen LogP contribution in [0.3, 0.4) is 0 Å². The molecule has 176 valence electrons. The highest BCUT2D eigenvalue weighted by atomic mass is 32.2. The van der Waals surface area contributed by atoms with E-state index in [2.05, 4.69) is 10.3 Å². The highest BCUT2D eigenvalue weighted by molar-refractivity contribution is 8.15. The molecule has 2 unspecified atom stereocenters. The van der Waals surface area contributed by atoms with Gasteiger partial charge in [-0.2, -0.15) is 10.1 Å². The molecule has 6 nitrogen and oxygen atoms in total. The fourth-order valence-corrected chi connectivity index (χ4v) is 5.12. The van der Waals surface area contributed by atoms with Crippen LogP contribution in [-0.2, 0) is 9.59 Å². The number of benzene rings is 3. The second-order valence-corrected chi connectivity index (χ2v) is 9.66. The van der Waals surface area contributed by atoms with Crippen LogP contribution in [0, 0.1) is 12.7 Å². The summed E-state index contributed by atoms with van der Waals surface area (Å²) in [5.74, 6) is -0.897. The van der Waals surface area contributed by atoms with Crippen LogP contribution >= 0.6 is 11.8 Å². The number of carbonyl (C=O) groups is 2. The van der Waals surface area contributed by atoms with Crippen LogP contribution in [0.2, 0.25) is 0 Å². The Kier molecular flexibility index (Phi) is 6.46. The third kappa shape index (κ3) is 5.17. The Hall–Kier alpha value is -3.78. The van der Waals surface area contributed by atoms with Gasteiger partial charge in [-0.25, -0.2) is 9.40 Å². The first kappa shape index (κ1) is 23.0. The van der Waals surface area contributed by atoms with Crippen LogP contribution in [0.15, 0.2) is 89.0 Å². The normalized spacial score (nSPS) is 19.5. The Balaban J connectivity index is 1.33. The Morgan fingerprint density at radius 1 is 1.06 bits per heavy atom. The van der Waals surface area contributed by atoms with Gasteiger partial charge in [0.1, 0.15) is 11.1 Å². The van der Waals surface area contributed by atoms with Gasteiger partial charge in [-0.1, -0.05) is 71.9 Å². The van der Waals surface area contributed by atoms with Gasteiger partial charge in [0, 0.05) is 18.5 Å². The molecule has 3 aromatic rings. The highest BCUT2D eigenvalue weighted by Crippen LogP contribution is 2.38. The number of carbonyl (C=O) groups excluding carboxylic acids is 2. The number of nitrogens with one attached hydrogen (secondary N) is 1. The lowest BCUT2D eigenvalue weighted by molar-refractivity contribution is -0.121. The van der Waals surface area contributed by atoms with Crippen LogP contribution in [-0.4, -0.2) is 33.0 Å². The third-order valence-corrected chi connectivity index (χ3v) is 7.05. The number of thioether (sulfide) groups is 1. The number of amidine groups is 1. The smallest absolute Gasteiger partial charge is 0.262 e. The molecule has 3 aromatic carbocycles. The van der Waals surface area contributed by atoms with E-state index in [1.54, 1.807) is 17.1 Å². The highest BCUT2D eigenvalue weighted by Gasteiger charge is 2.39. The SMILES string of the molecule is Cc1ccc(NC(=O)CC2SC(N3N=C(c4ccc(F)cc4)CC3c3ccccc3)=NC2=O)cc1.